The van der Waals surface area contributed by atoms with E-state index < -0.39 is 72.8 Å². The van der Waals surface area contributed by atoms with E-state index in [0.717, 1.165) is 0 Å². The van der Waals surface area contributed by atoms with Crippen molar-refractivity contribution in [3.63, 3.8) is 0 Å². The number of hydrogen-bond acceptors (Lipinski definition) is 28. The standard InChI is InChI=1S/4In.7H2O4S.7O.4Sn/c;;;;7*1-5(2,3)4;;;;;;;;;;;/h;;;;7*(H2,1,2,3,4);;;;;;;;;;;/q4*+3;;;;;;;;7*-2;4*+4/p-14. The first-order valence-electron chi connectivity index (χ1n) is 4.67. The molecule has 0 aliphatic heterocycles. The molecule has 0 heterocycles. The Morgan fingerprint density at radius 3 is 0.180 bits per heavy atom. The molecule has 0 saturated carbocycles. The van der Waals surface area contributed by atoms with Gasteiger partial charge >= 0.3 is 199 Å². The van der Waals surface area contributed by atoms with Crippen LogP contribution < -0.4 is 0 Å². The molecular weight excluding hydrogens is 1720 g/mol. The molecule has 0 aromatic rings. The van der Waals surface area contributed by atoms with E-state index in [-0.39, 0.29) is 237 Å². The molecule has 0 unspecified atom stereocenters. The van der Waals surface area contributed by atoms with E-state index >= 15 is 0 Å². The Kier molecular flexibility index (Phi) is 203. The Bertz CT molecular complexity index is 944. The van der Waals surface area contributed by atoms with Crippen molar-refractivity contribution in [2.75, 3.05) is 0 Å². The second kappa shape index (κ2) is 69.1. The predicted molar refractivity (Wildman–Crippen MR) is 124 cm³/mol. The van der Waals surface area contributed by atoms with Crippen LogP contribution in [0.2, 0.25) is 0 Å². The zero-order valence-corrected chi connectivity index (χ0v) is 51.8. The molecule has 50 heteroatoms. The molecule has 0 atom stereocenters. The van der Waals surface area contributed by atoms with Crippen LogP contribution >= 0.6 is 0 Å². The normalized spacial score (nSPS) is 8.12. The molecule has 280 valence electrons. The molecule has 0 saturated heterocycles. The van der Waals surface area contributed by atoms with Gasteiger partial charge in [0.25, 0.3) is 0 Å². The summed E-state index contributed by atoms with van der Waals surface area (Å²) in [6, 6.07) is 0. The maximum absolute atomic E-state index is 8.52. The van der Waals surface area contributed by atoms with Crippen molar-refractivity contribution >= 4 is 272 Å². The molecule has 0 N–H and O–H groups in total. The summed E-state index contributed by atoms with van der Waals surface area (Å²) in [5, 5.41) is 0. The van der Waals surface area contributed by atoms with Gasteiger partial charge in [0, 0.05) is 72.8 Å². The van der Waals surface area contributed by atoms with Crippen molar-refractivity contribution in [2.24, 2.45) is 0 Å². The minimum absolute atomic E-state index is 0. The smallest absolute Gasteiger partial charge is 2.00 e. The van der Waals surface area contributed by atoms with Crippen LogP contribution in [0, 0.1) is 0 Å². The van der Waals surface area contributed by atoms with Crippen LogP contribution in [-0.2, 0) is 111 Å². The Morgan fingerprint density at radius 2 is 0.180 bits per heavy atom. The summed E-state index contributed by atoms with van der Waals surface area (Å²) in [4.78, 5) is 0. The molecule has 0 aliphatic rings. The van der Waals surface area contributed by atoms with E-state index in [1.807, 2.05) is 0 Å². The van der Waals surface area contributed by atoms with Crippen molar-refractivity contribution in [2.45, 2.75) is 0 Å². The number of hydrogen-bond donors (Lipinski definition) is 0. The molecule has 0 spiro atoms. The fourth-order valence-electron chi connectivity index (χ4n) is 0. The van der Waals surface area contributed by atoms with Gasteiger partial charge in [0.15, 0.2) is 0 Å². The second-order valence-electron chi connectivity index (χ2n) is 2.86. The van der Waals surface area contributed by atoms with Gasteiger partial charge in [-0.25, -0.2) is 0 Å². The average Bonchev–Trinajstić information content (AvgIpc) is 2.06. The van der Waals surface area contributed by atoms with Crippen molar-refractivity contribution < 1.29 is 161 Å². The molecule has 0 radical (unpaired) electrons. The number of rotatable bonds is 0. The minimum Gasteiger partial charge on any atom is -2.00 e. The molecule has 0 rings (SSSR count). The van der Waals surface area contributed by atoms with Crippen LogP contribution in [0.25, 0.3) is 0 Å². The summed E-state index contributed by atoms with van der Waals surface area (Å²) >= 11 is 0. The van der Waals surface area contributed by atoms with E-state index in [9.17, 15) is 0 Å². The van der Waals surface area contributed by atoms with Crippen LogP contribution in [-0.4, -0.2) is 322 Å². The van der Waals surface area contributed by atoms with Crippen molar-refractivity contribution in [1.82, 2.24) is 0 Å². The average molecular weight is 1720 g/mol. The van der Waals surface area contributed by atoms with Crippen molar-refractivity contribution in [3.05, 3.63) is 0 Å². The maximum atomic E-state index is 8.52. The molecule has 0 aliphatic carbocycles. The third kappa shape index (κ3) is 4900. The molecule has 50 heavy (non-hydrogen) atoms. The van der Waals surface area contributed by atoms with Crippen LogP contribution in [0.5, 0.6) is 0 Å². The molecule has 0 aromatic heterocycles. The predicted octanol–water partition coefficient (Wildman–Crippen LogP) is -13.2. The van der Waals surface area contributed by atoms with Gasteiger partial charge in [-0.2, -0.15) is 0 Å². The minimum atomic E-state index is -5.17. The summed E-state index contributed by atoms with van der Waals surface area (Å²) in [5.41, 5.74) is 0. The molecule has 0 fully saturated rings. The zero-order chi connectivity index (χ0) is 31.5. The molecule has 0 aromatic carbocycles. The first kappa shape index (κ1) is 147. The largest absolute Gasteiger partial charge is 4.00 e. The van der Waals surface area contributed by atoms with Crippen LogP contribution in [0.4, 0.5) is 0 Å². The third-order valence-electron chi connectivity index (χ3n) is 0. The summed E-state index contributed by atoms with van der Waals surface area (Å²) in [5.74, 6) is 0. The first-order valence-corrected chi connectivity index (χ1v) is 14.0. The fraction of sp³-hybridized carbons (Fsp3) is 0. The Balaban J connectivity index is -0.00000000871. The summed E-state index contributed by atoms with van der Waals surface area (Å²) in [6.45, 7) is 0. The van der Waals surface area contributed by atoms with Gasteiger partial charge < -0.3 is 102 Å². The quantitative estimate of drug-likeness (QED) is 0.123. The van der Waals surface area contributed by atoms with E-state index in [0.29, 0.717) is 0 Å². The van der Waals surface area contributed by atoms with Gasteiger partial charge in [-0.05, 0) is 0 Å². The first-order chi connectivity index (χ1) is 14.0. The topological polar surface area (TPSA) is 761 Å². The Morgan fingerprint density at radius 1 is 0.180 bits per heavy atom. The van der Waals surface area contributed by atoms with Crippen LogP contribution in [0.3, 0.4) is 0 Å². The molecule has 0 amide bonds. The van der Waals surface area contributed by atoms with Gasteiger partial charge in [0.05, 0.1) is 0 Å². The summed E-state index contributed by atoms with van der Waals surface area (Å²) in [6.07, 6.45) is 0. The SMILES string of the molecule is O=S(=O)([O-])[O-].O=S(=O)([O-])[O-].O=S(=O)([O-])[O-].O=S(=O)([O-])[O-].O=S(=O)([O-])[O-].O=S(=O)([O-])[O-].O=S(=O)([O-])[O-].[In+3].[In+3].[In+3].[In+3].[O-2].[O-2].[O-2].[O-2].[O-2].[O-2].[O-2].[Sn+4].[Sn+4].[Sn+4].[Sn+4]. The Hall–Kier alpha value is 5.49. The van der Waals surface area contributed by atoms with E-state index in [4.69, 9.17) is 123 Å². The second-order valence-corrected chi connectivity index (χ2v) is 8.57. The molecule has 35 nitrogen and oxygen atoms in total. The third-order valence-corrected chi connectivity index (χ3v) is 0. The Labute approximate surface area is 425 Å². The van der Waals surface area contributed by atoms with E-state index in [1.165, 1.54) is 0 Å². The van der Waals surface area contributed by atoms with Gasteiger partial charge in [-0.3, -0.25) is 58.9 Å². The van der Waals surface area contributed by atoms with Crippen molar-refractivity contribution in [3.8, 4) is 0 Å². The molecule has 0 bridgehead atoms. The van der Waals surface area contributed by atoms with E-state index in [2.05, 4.69) is 0 Å². The van der Waals surface area contributed by atoms with E-state index in [1.54, 1.807) is 0 Å². The van der Waals surface area contributed by atoms with Gasteiger partial charge in [0.1, 0.15) is 0 Å². The maximum Gasteiger partial charge on any atom is 4.00 e. The molecular formula is In4O35S7Sn4. The fourth-order valence-corrected chi connectivity index (χ4v) is 0. The zero-order valence-electron chi connectivity index (χ0n) is 21.5. The van der Waals surface area contributed by atoms with Crippen molar-refractivity contribution in [1.29, 1.82) is 0 Å². The summed E-state index contributed by atoms with van der Waals surface area (Å²) in [7, 11) is -36.2. The van der Waals surface area contributed by atoms with Gasteiger partial charge in [-0.15, -0.1) is 0 Å². The van der Waals surface area contributed by atoms with Gasteiger partial charge in [0.2, 0.25) is 0 Å². The van der Waals surface area contributed by atoms with Gasteiger partial charge in [-0.1, -0.05) is 0 Å². The van der Waals surface area contributed by atoms with Crippen LogP contribution in [0.1, 0.15) is 0 Å². The monoisotopic (exact) mass is 1720 g/mol. The summed E-state index contributed by atoms with van der Waals surface area (Å²) < 4.78 is 239. The van der Waals surface area contributed by atoms with Crippen LogP contribution in [0.15, 0.2) is 0 Å².